The number of aromatic nitrogens is 1. The van der Waals surface area contributed by atoms with Gasteiger partial charge in [-0.15, -0.1) is 0 Å². The van der Waals surface area contributed by atoms with Gasteiger partial charge in [0.15, 0.2) is 0 Å². The zero-order valence-corrected chi connectivity index (χ0v) is 14.4. The highest BCUT2D eigenvalue weighted by molar-refractivity contribution is 6.08. The van der Waals surface area contributed by atoms with Gasteiger partial charge in [0.2, 0.25) is 0 Å². The van der Waals surface area contributed by atoms with E-state index >= 15 is 0 Å². The number of amides is 1. The third-order valence-electron chi connectivity index (χ3n) is 4.09. The molecule has 25 heavy (non-hydrogen) atoms. The third-order valence-corrected chi connectivity index (χ3v) is 4.09. The minimum Gasteiger partial charge on any atom is -0.381 e. The third kappa shape index (κ3) is 4.04. The first kappa shape index (κ1) is 16.7. The summed E-state index contributed by atoms with van der Waals surface area (Å²) in [7, 11) is 0. The van der Waals surface area contributed by atoms with Gasteiger partial charge in [-0.25, -0.2) is 4.98 Å². The SMILES string of the molecule is C/C=C(\C)CNc1ccccc1C(=O)Nc1cc2ccccc2cn1. The summed E-state index contributed by atoms with van der Waals surface area (Å²) in [4.78, 5) is 17.0. The number of hydrogen-bond donors (Lipinski definition) is 2. The van der Waals surface area contributed by atoms with Crippen molar-refractivity contribution in [3.8, 4) is 0 Å². The minimum absolute atomic E-state index is 0.177. The van der Waals surface area contributed by atoms with Crippen molar-refractivity contribution in [3.05, 3.63) is 78.0 Å². The maximum atomic E-state index is 12.7. The molecule has 0 aliphatic carbocycles. The fourth-order valence-electron chi connectivity index (χ4n) is 2.51. The molecule has 3 rings (SSSR count). The van der Waals surface area contributed by atoms with Crippen molar-refractivity contribution in [2.45, 2.75) is 13.8 Å². The average molecular weight is 331 g/mol. The Bertz CT molecular complexity index is 931. The van der Waals surface area contributed by atoms with Gasteiger partial charge in [0.05, 0.1) is 5.56 Å². The van der Waals surface area contributed by atoms with Crippen molar-refractivity contribution in [3.63, 3.8) is 0 Å². The molecule has 1 aromatic heterocycles. The van der Waals surface area contributed by atoms with E-state index in [0.29, 0.717) is 17.9 Å². The first-order valence-corrected chi connectivity index (χ1v) is 8.28. The molecule has 0 saturated heterocycles. The largest absolute Gasteiger partial charge is 0.381 e. The Morgan fingerprint density at radius 2 is 1.80 bits per heavy atom. The van der Waals surface area contributed by atoms with Crippen LogP contribution >= 0.6 is 0 Å². The fourth-order valence-corrected chi connectivity index (χ4v) is 2.51. The summed E-state index contributed by atoms with van der Waals surface area (Å²) in [5.41, 5.74) is 2.62. The van der Waals surface area contributed by atoms with Crippen LogP contribution in [0.4, 0.5) is 11.5 Å². The molecule has 4 heteroatoms. The number of hydrogen-bond acceptors (Lipinski definition) is 3. The molecule has 0 fully saturated rings. The lowest BCUT2D eigenvalue weighted by Gasteiger charge is -2.12. The number of allylic oxidation sites excluding steroid dienone is 1. The Labute approximate surface area is 147 Å². The molecular formula is C21H21N3O. The van der Waals surface area contributed by atoms with Gasteiger partial charge in [-0.05, 0) is 37.4 Å². The zero-order valence-electron chi connectivity index (χ0n) is 14.4. The van der Waals surface area contributed by atoms with Gasteiger partial charge < -0.3 is 10.6 Å². The van der Waals surface area contributed by atoms with E-state index in [-0.39, 0.29) is 5.91 Å². The number of nitrogens with one attached hydrogen (secondary N) is 2. The van der Waals surface area contributed by atoms with Crippen LogP contribution in [0.2, 0.25) is 0 Å². The van der Waals surface area contributed by atoms with Crippen molar-refractivity contribution in [1.82, 2.24) is 4.98 Å². The lowest BCUT2D eigenvalue weighted by Crippen LogP contribution is -2.16. The Morgan fingerprint density at radius 1 is 1.08 bits per heavy atom. The number of carbonyl (C=O) groups is 1. The van der Waals surface area contributed by atoms with Crippen molar-refractivity contribution in [1.29, 1.82) is 0 Å². The van der Waals surface area contributed by atoms with Gasteiger partial charge in [0, 0.05) is 23.8 Å². The second-order valence-electron chi connectivity index (χ2n) is 5.90. The highest BCUT2D eigenvalue weighted by atomic mass is 16.1. The quantitative estimate of drug-likeness (QED) is 0.656. The van der Waals surface area contributed by atoms with Gasteiger partial charge in [0.1, 0.15) is 5.82 Å². The van der Waals surface area contributed by atoms with E-state index in [1.807, 2.05) is 61.5 Å². The fraction of sp³-hybridized carbons (Fsp3) is 0.143. The number of fused-ring (bicyclic) bond motifs is 1. The predicted octanol–water partition coefficient (Wildman–Crippen LogP) is 4.87. The Kier molecular flexibility index (Phi) is 5.09. The first-order valence-electron chi connectivity index (χ1n) is 8.28. The van der Waals surface area contributed by atoms with E-state index < -0.39 is 0 Å². The van der Waals surface area contributed by atoms with Gasteiger partial charge in [0.25, 0.3) is 5.91 Å². The maximum absolute atomic E-state index is 12.7. The van der Waals surface area contributed by atoms with Gasteiger partial charge in [-0.2, -0.15) is 0 Å². The molecule has 4 nitrogen and oxygen atoms in total. The summed E-state index contributed by atoms with van der Waals surface area (Å²) < 4.78 is 0. The molecule has 0 atom stereocenters. The van der Waals surface area contributed by atoms with Crippen LogP contribution in [0.25, 0.3) is 10.8 Å². The number of para-hydroxylation sites is 1. The van der Waals surface area contributed by atoms with Gasteiger partial charge in [-0.3, -0.25) is 4.79 Å². The predicted molar refractivity (Wildman–Crippen MR) is 104 cm³/mol. The highest BCUT2D eigenvalue weighted by Crippen LogP contribution is 2.19. The molecule has 0 aliphatic rings. The maximum Gasteiger partial charge on any atom is 0.258 e. The van der Waals surface area contributed by atoms with E-state index in [1.54, 1.807) is 6.20 Å². The molecule has 3 aromatic rings. The second kappa shape index (κ2) is 7.62. The molecule has 2 aromatic carbocycles. The summed E-state index contributed by atoms with van der Waals surface area (Å²) in [6, 6.07) is 17.3. The summed E-state index contributed by atoms with van der Waals surface area (Å²) >= 11 is 0. The van der Waals surface area contributed by atoms with Crippen LogP contribution in [-0.2, 0) is 0 Å². The van der Waals surface area contributed by atoms with Gasteiger partial charge in [-0.1, -0.05) is 48.0 Å². The molecule has 0 radical (unpaired) electrons. The van der Waals surface area contributed by atoms with Crippen molar-refractivity contribution < 1.29 is 4.79 Å². The van der Waals surface area contributed by atoms with Crippen LogP contribution in [0.15, 0.2) is 72.4 Å². The van der Waals surface area contributed by atoms with Crippen LogP contribution in [0, 0.1) is 0 Å². The van der Waals surface area contributed by atoms with Crippen molar-refractivity contribution in [2.24, 2.45) is 0 Å². The molecule has 0 spiro atoms. The van der Waals surface area contributed by atoms with Gasteiger partial charge >= 0.3 is 0 Å². The summed E-state index contributed by atoms with van der Waals surface area (Å²) in [5, 5.41) is 8.29. The van der Waals surface area contributed by atoms with Crippen LogP contribution < -0.4 is 10.6 Å². The monoisotopic (exact) mass is 331 g/mol. The van der Waals surface area contributed by atoms with Crippen molar-refractivity contribution >= 4 is 28.2 Å². The van der Waals surface area contributed by atoms with Crippen LogP contribution in [0.5, 0.6) is 0 Å². The number of carbonyl (C=O) groups excluding carboxylic acids is 1. The smallest absolute Gasteiger partial charge is 0.258 e. The van der Waals surface area contributed by atoms with E-state index in [9.17, 15) is 4.79 Å². The van der Waals surface area contributed by atoms with Crippen LogP contribution in [0.3, 0.4) is 0 Å². The lowest BCUT2D eigenvalue weighted by molar-refractivity contribution is 0.102. The van der Waals surface area contributed by atoms with E-state index in [0.717, 1.165) is 16.5 Å². The minimum atomic E-state index is -0.177. The van der Waals surface area contributed by atoms with E-state index in [2.05, 4.69) is 28.6 Å². The Hall–Kier alpha value is -3.14. The molecule has 0 bridgehead atoms. The first-order chi connectivity index (χ1) is 12.2. The average Bonchev–Trinajstić information content (AvgIpc) is 2.66. The van der Waals surface area contributed by atoms with Crippen molar-refractivity contribution in [2.75, 3.05) is 17.2 Å². The molecule has 126 valence electrons. The molecule has 1 amide bonds. The summed E-state index contributed by atoms with van der Waals surface area (Å²) in [6.07, 6.45) is 3.82. The molecule has 1 heterocycles. The second-order valence-corrected chi connectivity index (χ2v) is 5.90. The number of nitrogens with zero attached hydrogens (tertiary/aromatic N) is 1. The molecular weight excluding hydrogens is 310 g/mol. The molecule has 0 unspecified atom stereocenters. The number of anilines is 2. The molecule has 0 saturated carbocycles. The topological polar surface area (TPSA) is 54.0 Å². The summed E-state index contributed by atoms with van der Waals surface area (Å²) in [6.45, 7) is 4.75. The number of benzene rings is 2. The normalized spacial score (nSPS) is 11.4. The van der Waals surface area contributed by atoms with Crippen LogP contribution in [0.1, 0.15) is 24.2 Å². The van der Waals surface area contributed by atoms with E-state index in [4.69, 9.17) is 0 Å². The lowest BCUT2D eigenvalue weighted by atomic mass is 10.1. The Balaban J connectivity index is 1.80. The Morgan fingerprint density at radius 3 is 2.60 bits per heavy atom. The number of pyridine rings is 1. The highest BCUT2D eigenvalue weighted by Gasteiger charge is 2.12. The molecule has 0 aliphatic heterocycles. The zero-order chi connectivity index (χ0) is 17.6. The summed E-state index contributed by atoms with van der Waals surface area (Å²) in [5.74, 6) is 0.368. The van der Waals surface area contributed by atoms with E-state index in [1.165, 1.54) is 5.57 Å². The number of rotatable bonds is 5. The molecule has 2 N–H and O–H groups in total. The van der Waals surface area contributed by atoms with Crippen LogP contribution in [-0.4, -0.2) is 17.4 Å². The standard InChI is InChI=1S/C21H21N3O/c1-3-15(2)13-22-19-11-7-6-10-18(19)21(25)24-20-12-16-8-4-5-9-17(16)14-23-20/h3-12,14,22H,13H2,1-2H3,(H,23,24,25)/b15-3+.